The third-order valence-corrected chi connectivity index (χ3v) is 7.48. The predicted octanol–water partition coefficient (Wildman–Crippen LogP) is 4.68. The van der Waals surface area contributed by atoms with Crippen LogP contribution >= 0.6 is 22.9 Å². The Balaban J connectivity index is 1.64. The minimum Gasteiger partial charge on any atom is -0.507 e. The van der Waals surface area contributed by atoms with E-state index in [0.717, 1.165) is 29.7 Å². The quantitative estimate of drug-likeness (QED) is 0.462. The lowest BCUT2D eigenvalue weighted by molar-refractivity contribution is 0.474. The molecule has 2 heterocycles. The summed E-state index contributed by atoms with van der Waals surface area (Å²) in [6.07, 6.45) is 3.48. The standard InChI is InChI=1S/C27H19ClN2O2S/c28-19-11-13-22(31)18(14-19)15-23-26(32)30-25(17-7-2-1-3-8-17)21-12-10-16-6-4-5-9-20(16)24(21)29-27(30)33-23/h1-9,11,13-15,25,31H,10,12H2/b23-15+/t25-/m0/s1. The molecule has 6 rings (SSSR count). The van der Waals surface area contributed by atoms with Gasteiger partial charge in [-0.25, -0.2) is 4.99 Å². The number of phenolic OH excluding ortho intramolecular Hbond substituents is 1. The zero-order chi connectivity index (χ0) is 22.5. The molecule has 0 spiro atoms. The van der Waals surface area contributed by atoms with E-state index >= 15 is 0 Å². The number of halogens is 1. The molecule has 6 heteroatoms. The molecule has 0 unspecified atom stereocenters. The molecule has 0 fully saturated rings. The number of hydrogen-bond donors (Lipinski definition) is 1. The Kier molecular flexibility index (Phi) is 4.82. The second kappa shape index (κ2) is 7.87. The normalized spacial score (nSPS) is 17.2. The number of aromatic nitrogens is 1. The summed E-state index contributed by atoms with van der Waals surface area (Å²) in [5.41, 5.74) is 6.04. The summed E-state index contributed by atoms with van der Waals surface area (Å²) in [4.78, 5) is 19.3. The Morgan fingerprint density at radius 2 is 1.82 bits per heavy atom. The lowest BCUT2D eigenvalue weighted by Gasteiger charge is -2.30. The third kappa shape index (κ3) is 3.36. The molecule has 33 heavy (non-hydrogen) atoms. The molecule has 0 saturated carbocycles. The van der Waals surface area contributed by atoms with Crippen LogP contribution in [-0.4, -0.2) is 9.67 Å². The average Bonchev–Trinajstić information content (AvgIpc) is 3.15. The summed E-state index contributed by atoms with van der Waals surface area (Å²) in [6, 6.07) is 23.1. The van der Waals surface area contributed by atoms with Crippen molar-refractivity contribution in [3.63, 3.8) is 0 Å². The van der Waals surface area contributed by atoms with Crippen LogP contribution in [0.5, 0.6) is 5.75 Å². The predicted molar refractivity (Wildman–Crippen MR) is 132 cm³/mol. The number of benzene rings is 3. The summed E-state index contributed by atoms with van der Waals surface area (Å²) in [7, 11) is 0. The highest BCUT2D eigenvalue weighted by Gasteiger charge is 2.32. The molecular weight excluding hydrogens is 452 g/mol. The van der Waals surface area contributed by atoms with Gasteiger partial charge in [0.15, 0.2) is 4.80 Å². The van der Waals surface area contributed by atoms with E-state index in [1.165, 1.54) is 28.5 Å². The lowest BCUT2D eigenvalue weighted by Crippen LogP contribution is -2.38. The van der Waals surface area contributed by atoms with Gasteiger partial charge in [0.2, 0.25) is 0 Å². The molecule has 0 radical (unpaired) electrons. The summed E-state index contributed by atoms with van der Waals surface area (Å²) < 4.78 is 2.32. The molecule has 1 N–H and O–H groups in total. The molecule has 1 aliphatic carbocycles. The van der Waals surface area contributed by atoms with Crippen LogP contribution in [0.3, 0.4) is 0 Å². The third-order valence-electron chi connectivity index (χ3n) is 6.26. The van der Waals surface area contributed by atoms with Crippen molar-refractivity contribution >= 4 is 34.7 Å². The van der Waals surface area contributed by atoms with Crippen LogP contribution in [0, 0.1) is 0 Å². The Labute approximate surface area is 199 Å². The number of thiazole rings is 1. The number of aryl methyl sites for hydroxylation is 1. The van der Waals surface area contributed by atoms with Crippen LogP contribution in [-0.2, 0) is 6.42 Å². The van der Waals surface area contributed by atoms with Crippen LogP contribution in [0.2, 0.25) is 5.02 Å². The average molecular weight is 471 g/mol. The van der Waals surface area contributed by atoms with E-state index in [0.29, 0.717) is 19.9 Å². The van der Waals surface area contributed by atoms with Gasteiger partial charge in [-0.05, 0) is 53.8 Å². The van der Waals surface area contributed by atoms with Gasteiger partial charge < -0.3 is 5.11 Å². The van der Waals surface area contributed by atoms with Gasteiger partial charge in [-0.3, -0.25) is 9.36 Å². The summed E-state index contributed by atoms with van der Waals surface area (Å²) in [5.74, 6) is 0.0815. The van der Waals surface area contributed by atoms with E-state index in [1.807, 2.05) is 24.3 Å². The Morgan fingerprint density at radius 3 is 2.67 bits per heavy atom. The number of allylic oxidation sites excluding steroid dienone is 1. The maximum Gasteiger partial charge on any atom is 0.271 e. The molecule has 4 aromatic rings. The highest BCUT2D eigenvalue weighted by molar-refractivity contribution is 7.07. The highest BCUT2D eigenvalue weighted by Crippen LogP contribution is 2.41. The largest absolute Gasteiger partial charge is 0.507 e. The summed E-state index contributed by atoms with van der Waals surface area (Å²) in [6.45, 7) is 0. The van der Waals surface area contributed by atoms with Crippen LogP contribution in [0.4, 0.5) is 0 Å². The van der Waals surface area contributed by atoms with Crippen LogP contribution in [0.25, 0.3) is 11.8 Å². The van der Waals surface area contributed by atoms with Crippen LogP contribution in [0.1, 0.15) is 34.7 Å². The Morgan fingerprint density at radius 1 is 1.03 bits per heavy atom. The minimum atomic E-state index is -0.207. The number of nitrogens with zero attached hydrogens (tertiary/aromatic N) is 2. The topological polar surface area (TPSA) is 54.6 Å². The van der Waals surface area contributed by atoms with Crippen molar-refractivity contribution in [2.24, 2.45) is 4.99 Å². The van der Waals surface area contributed by atoms with Gasteiger partial charge in [0.1, 0.15) is 5.75 Å². The van der Waals surface area contributed by atoms with E-state index in [1.54, 1.807) is 22.8 Å². The fraction of sp³-hybridized carbons (Fsp3) is 0.111. The fourth-order valence-electron chi connectivity index (χ4n) is 4.74. The maximum absolute atomic E-state index is 13.7. The SMILES string of the molecule is O=c1/c(=C\c2cc(Cl)ccc2O)sc2n1[C@@H](c1ccccc1)C1=C(N=2)c2ccccc2CC1. The maximum atomic E-state index is 13.7. The van der Waals surface area contributed by atoms with Crippen molar-refractivity contribution in [2.75, 3.05) is 0 Å². The van der Waals surface area contributed by atoms with Gasteiger partial charge in [-0.15, -0.1) is 0 Å². The fourth-order valence-corrected chi connectivity index (χ4v) is 5.91. The van der Waals surface area contributed by atoms with E-state index in [9.17, 15) is 9.90 Å². The summed E-state index contributed by atoms with van der Waals surface area (Å²) >= 11 is 7.46. The summed E-state index contributed by atoms with van der Waals surface area (Å²) in [5, 5.41) is 10.8. The lowest BCUT2D eigenvalue weighted by atomic mass is 9.83. The second-order valence-corrected chi connectivity index (χ2v) is 9.67. The Hall–Kier alpha value is -3.41. The molecule has 162 valence electrons. The number of aromatic hydroxyl groups is 1. The minimum absolute atomic E-state index is 0.0815. The van der Waals surface area contributed by atoms with E-state index in [4.69, 9.17) is 16.6 Å². The second-order valence-electron chi connectivity index (χ2n) is 8.23. The molecule has 0 saturated heterocycles. The van der Waals surface area contributed by atoms with Crippen molar-refractivity contribution in [2.45, 2.75) is 18.9 Å². The van der Waals surface area contributed by atoms with Gasteiger partial charge in [0, 0.05) is 16.1 Å². The number of phenols is 1. The first-order valence-electron chi connectivity index (χ1n) is 10.8. The van der Waals surface area contributed by atoms with Crippen molar-refractivity contribution < 1.29 is 5.11 Å². The zero-order valence-electron chi connectivity index (χ0n) is 17.5. The number of hydrogen-bond acceptors (Lipinski definition) is 4. The molecule has 1 aliphatic heterocycles. The van der Waals surface area contributed by atoms with E-state index < -0.39 is 0 Å². The van der Waals surface area contributed by atoms with E-state index in [2.05, 4.69) is 30.3 Å². The molecule has 3 aromatic carbocycles. The molecule has 2 aliphatic rings. The number of rotatable bonds is 2. The molecule has 1 aromatic heterocycles. The molecule has 0 bridgehead atoms. The molecule has 1 atom stereocenters. The highest BCUT2D eigenvalue weighted by atomic mass is 35.5. The van der Waals surface area contributed by atoms with Crippen molar-refractivity contribution in [3.8, 4) is 5.75 Å². The van der Waals surface area contributed by atoms with Gasteiger partial charge in [0.05, 0.1) is 16.3 Å². The smallest absolute Gasteiger partial charge is 0.271 e. The van der Waals surface area contributed by atoms with Crippen molar-refractivity contribution in [1.29, 1.82) is 0 Å². The van der Waals surface area contributed by atoms with Crippen molar-refractivity contribution in [3.05, 3.63) is 125 Å². The molecule has 4 nitrogen and oxygen atoms in total. The van der Waals surface area contributed by atoms with Gasteiger partial charge in [-0.1, -0.05) is 77.5 Å². The van der Waals surface area contributed by atoms with E-state index in [-0.39, 0.29) is 17.4 Å². The van der Waals surface area contributed by atoms with Crippen LogP contribution < -0.4 is 14.9 Å². The van der Waals surface area contributed by atoms with Gasteiger partial charge in [0.25, 0.3) is 5.56 Å². The zero-order valence-corrected chi connectivity index (χ0v) is 19.1. The first-order valence-corrected chi connectivity index (χ1v) is 12.0. The Bertz CT molecular complexity index is 1620. The molecular formula is C27H19ClN2O2S. The monoisotopic (exact) mass is 470 g/mol. The number of fused-ring (bicyclic) bond motifs is 3. The van der Waals surface area contributed by atoms with Crippen molar-refractivity contribution in [1.82, 2.24) is 4.57 Å². The van der Waals surface area contributed by atoms with Crippen LogP contribution in [0.15, 0.2) is 88.2 Å². The first kappa shape index (κ1) is 20.2. The van der Waals surface area contributed by atoms with Gasteiger partial charge in [-0.2, -0.15) is 0 Å². The van der Waals surface area contributed by atoms with Gasteiger partial charge >= 0.3 is 0 Å². The first-order chi connectivity index (χ1) is 16.1. The molecule has 0 amide bonds.